The number of nitrogens with zero attached hydrogens (tertiary/aromatic N) is 2. The van der Waals surface area contributed by atoms with Gasteiger partial charge in [0.1, 0.15) is 5.69 Å². The lowest BCUT2D eigenvalue weighted by atomic mass is 9.86. The van der Waals surface area contributed by atoms with Crippen molar-refractivity contribution in [2.45, 2.75) is 31.8 Å². The fourth-order valence-electron chi connectivity index (χ4n) is 3.42. The van der Waals surface area contributed by atoms with Crippen LogP contribution in [0.3, 0.4) is 0 Å². The fraction of sp³-hybridized carbons (Fsp3) is 0.278. The van der Waals surface area contributed by atoms with Crippen molar-refractivity contribution in [3.8, 4) is 0 Å². The van der Waals surface area contributed by atoms with Gasteiger partial charge in [0.15, 0.2) is 0 Å². The number of nitrogens with one attached hydrogen (secondary N) is 2. The second-order valence-electron chi connectivity index (χ2n) is 6.30. The molecule has 1 atom stereocenters. The minimum Gasteiger partial charge on any atom is -0.344 e. The summed E-state index contributed by atoms with van der Waals surface area (Å²) >= 11 is 0. The van der Waals surface area contributed by atoms with Gasteiger partial charge in [0.25, 0.3) is 11.5 Å². The molecular formula is C18H19N5O2. The molecule has 2 heterocycles. The Labute approximate surface area is 143 Å². The van der Waals surface area contributed by atoms with E-state index < -0.39 is 0 Å². The first-order valence-corrected chi connectivity index (χ1v) is 8.35. The van der Waals surface area contributed by atoms with E-state index in [-0.39, 0.29) is 28.8 Å². The van der Waals surface area contributed by atoms with Crippen molar-refractivity contribution < 1.29 is 4.79 Å². The van der Waals surface area contributed by atoms with Crippen LogP contribution in [-0.4, -0.2) is 20.3 Å². The number of amides is 1. The number of fused-ring (bicyclic) bond motifs is 2. The summed E-state index contributed by atoms with van der Waals surface area (Å²) in [5.41, 5.74) is 9.33. The molecule has 0 spiro atoms. The molecule has 0 fully saturated rings. The molecule has 7 heteroatoms. The van der Waals surface area contributed by atoms with Crippen molar-refractivity contribution in [2.24, 2.45) is 5.73 Å². The monoisotopic (exact) mass is 337 g/mol. The largest absolute Gasteiger partial charge is 0.344 e. The van der Waals surface area contributed by atoms with Gasteiger partial charge < -0.3 is 20.4 Å². The molecule has 25 heavy (non-hydrogen) atoms. The van der Waals surface area contributed by atoms with Gasteiger partial charge in [-0.15, -0.1) is 0 Å². The molecule has 1 aliphatic rings. The van der Waals surface area contributed by atoms with Crippen molar-refractivity contribution in [1.29, 1.82) is 0 Å². The number of aryl methyl sites for hydroxylation is 1. The van der Waals surface area contributed by atoms with Gasteiger partial charge in [0.2, 0.25) is 5.65 Å². The fourth-order valence-corrected chi connectivity index (χ4v) is 3.42. The Kier molecular flexibility index (Phi) is 3.85. The first kappa shape index (κ1) is 15.6. The van der Waals surface area contributed by atoms with Crippen LogP contribution >= 0.6 is 0 Å². The highest BCUT2D eigenvalue weighted by Gasteiger charge is 2.23. The number of carbonyl (C=O) groups is 1. The number of nitrogens with two attached hydrogens (primary N) is 1. The van der Waals surface area contributed by atoms with Gasteiger partial charge >= 0.3 is 0 Å². The van der Waals surface area contributed by atoms with Crippen molar-refractivity contribution >= 4 is 11.6 Å². The molecule has 0 saturated heterocycles. The molecule has 3 aromatic rings. The molecule has 2 aromatic heterocycles. The van der Waals surface area contributed by atoms with Crippen LogP contribution in [0, 0.1) is 0 Å². The van der Waals surface area contributed by atoms with Crippen molar-refractivity contribution in [3.05, 3.63) is 69.5 Å². The Balaban J connectivity index is 1.61. The number of aromatic amines is 1. The predicted molar refractivity (Wildman–Crippen MR) is 93.3 cm³/mol. The van der Waals surface area contributed by atoms with Gasteiger partial charge in [-0.1, -0.05) is 18.2 Å². The van der Waals surface area contributed by atoms with Crippen LogP contribution in [0.2, 0.25) is 0 Å². The van der Waals surface area contributed by atoms with Gasteiger partial charge in [-0.05, 0) is 36.0 Å². The number of hydrogen-bond acceptors (Lipinski definition) is 4. The first-order valence-electron chi connectivity index (χ1n) is 8.35. The number of benzene rings is 1. The summed E-state index contributed by atoms with van der Waals surface area (Å²) in [6, 6.07) is 6.13. The van der Waals surface area contributed by atoms with Crippen molar-refractivity contribution in [2.75, 3.05) is 0 Å². The lowest BCUT2D eigenvalue weighted by Gasteiger charge is -2.26. The molecule has 1 aromatic carbocycles. The summed E-state index contributed by atoms with van der Waals surface area (Å²) in [4.78, 5) is 31.1. The number of H-pyrrole nitrogens is 1. The number of aromatic nitrogens is 3. The molecule has 0 aliphatic heterocycles. The maximum absolute atomic E-state index is 12.6. The predicted octanol–water partition coefficient (Wildman–Crippen LogP) is 1.29. The lowest BCUT2D eigenvalue weighted by molar-refractivity contribution is 0.0928. The summed E-state index contributed by atoms with van der Waals surface area (Å²) < 4.78 is 1.55. The van der Waals surface area contributed by atoms with E-state index >= 15 is 0 Å². The van der Waals surface area contributed by atoms with E-state index in [1.54, 1.807) is 16.8 Å². The molecule has 0 saturated carbocycles. The van der Waals surface area contributed by atoms with E-state index in [4.69, 9.17) is 5.73 Å². The normalized spacial score (nSPS) is 16.6. The van der Waals surface area contributed by atoms with Crippen molar-refractivity contribution in [1.82, 2.24) is 19.7 Å². The molecule has 1 unspecified atom stereocenters. The third-order valence-corrected chi connectivity index (χ3v) is 4.68. The lowest BCUT2D eigenvalue weighted by Crippen LogP contribution is -2.31. The zero-order chi connectivity index (χ0) is 17.4. The van der Waals surface area contributed by atoms with Crippen LogP contribution in [0.1, 0.15) is 46.1 Å². The van der Waals surface area contributed by atoms with E-state index in [1.807, 2.05) is 6.07 Å². The average Bonchev–Trinajstić information content (AvgIpc) is 3.07. The Hall–Kier alpha value is -2.93. The molecule has 128 valence electrons. The zero-order valence-electron chi connectivity index (χ0n) is 13.7. The maximum Gasteiger partial charge on any atom is 0.291 e. The van der Waals surface area contributed by atoms with E-state index in [9.17, 15) is 9.59 Å². The standard InChI is InChI=1S/C18H19N5O2/c19-9-11-4-5-13-12(8-11)2-1-3-14(13)22-17(24)15-10-23-7-6-20-18(25)16(23)21-15/h4-8,10,14H,1-3,9,19H2,(H,20,25)(H,22,24). The molecule has 4 rings (SSSR count). The van der Waals surface area contributed by atoms with Crippen LogP contribution < -0.4 is 16.6 Å². The van der Waals surface area contributed by atoms with E-state index in [1.165, 1.54) is 11.8 Å². The molecule has 1 amide bonds. The highest BCUT2D eigenvalue weighted by atomic mass is 16.2. The summed E-state index contributed by atoms with van der Waals surface area (Å²) in [7, 11) is 0. The SMILES string of the molecule is NCc1ccc2c(c1)CCCC2NC(=O)c1cn2cc[nH]c(=O)c2n1. The molecule has 4 N–H and O–H groups in total. The average molecular weight is 337 g/mol. The zero-order valence-corrected chi connectivity index (χ0v) is 13.7. The smallest absolute Gasteiger partial charge is 0.291 e. The highest BCUT2D eigenvalue weighted by Crippen LogP contribution is 2.30. The quantitative estimate of drug-likeness (QED) is 0.669. The first-order chi connectivity index (χ1) is 12.2. The number of hydrogen-bond donors (Lipinski definition) is 3. The minimum atomic E-state index is -0.320. The summed E-state index contributed by atoms with van der Waals surface area (Å²) in [5.74, 6) is -0.274. The minimum absolute atomic E-state index is 0.0498. The van der Waals surface area contributed by atoms with Crippen LogP contribution in [0.5, 0.6) is 0 Å². The third-order valence-electron chi connectivity index (χ3n) is 4.68. The summed E-state index contributed by atoms with van der Waals surface area (Å²) in [6.45, 7) is 0.514. The van der Waals surface area contributed by atoms with E-state index in [0.29, 0.717) is 6.54 Å². The van der Waals surface area contributed by atoms with Gasteiger partial charge in [0.05, 0.1) is 6.04 Å². The molecule has 0 radical (unpaired) electrons. The number of carbonyl (C=O) groups excluding carboxylic acids is 1. The Morgan fingerprint density at radius 1 is 1.44 bits per heavy atom. The van der Waals surface area contributed by atoms with Gasteiger partial charge in [-0.3, -0.25) is 9.59 Å². The highest BCUT2D eigenvalue weighted by molar-refractivity contribution is 5.93. The van der Waals surface area contributed by atoms with Crippen LogP contribution in [-0.2, 0) is 13.0 Å². The molecule has 7 nitrogen and oxygen atoms in total. The third kappa shape index (κ3) is 2.83. The number of imidazole rings is 1. The van der Waals surface area contributed by atoms with Crippen LogP contribution in [0.25, 0.3) is 5.65 Å². The van der Waals surface area contributed by atoms with E-state index in [2.05, 4.69) is 27.4 Å². The van der Waals surface area contributed by atoms with Gasteiger partial charge in [0, 0.05) is 25.1 Å². The molecule has 0 bridgehead atoms. The van der Waals surface area contributed by atoms with E-state index in [0.717, 1.165) is 30.4 Å². The van der Waals surface area contributed by atoms with Gasteiger partial charge in [-0.2, -0.15) is 0 Å². The Bertz CT molecular complexity index is 1000. The second-order valence-corrected chi connectivity index (χ2v) is 6.30. The second kappa shape index (κ2) is 6.18. The summed E-state index contributed by atoms with van der Waals surface area (Å²) in [5, 5.41) is 3.05. The molecule has 1 aliphatic carbocycles. The Morgan fingerprint density at radius 3 is 3.12 bits per heavy atom. The summed E-state index contributed by atoms with van der Waals surface area (Å²) in [6.07, 6.45) is 7.64. The topological polar surface area (TPSA) is 105 Å². The van der Waals surface area contributed by atoms with Crippen LogP contribution in [0.4, 0.5) is 0 Å². The van der Waals surface area contributed by atoms with Crippen LogP contribution in [0.15, 0.2) is 41.6 Å². The maximum atomic E-state index is 12.6. The Morgan fingerprint density at radius 2 is 2.32 bits per heavy atom. The van der Waals surface area contributed by atoms with Crippen molar-refractivity contribution in [3.63, 3.8) is 0 Å². The van der Waals surface area contributed by atoms with Gasteiger partial charge in [-0.25, -0.2) is 4.98 Å². The molecular weight excluding hydrogens is 318 g/mol. The number of rotatable bonds is 3.